The van der Waals surface area contributed by atoms with E-state index in [1.54, 1.807) is 19.2 Å². The van der Waals surface area contributed by atoms with E-state index in [0.717, 1.165) is 23.2 Å². The number of methoxy groups -OCH3 is 1. The van der Waals surface area contributed by atoms with E-state index >= 15 is 0 Å². The third-order valence-electron chi connectivity index (χ3n) is 2.87. The summed E-state index contributed by atoms with van der Waals surface area (Å²) in [4.78, 5) is 14.9. The van der Waals surface area contributed by atoms with Gasteiger partial charge in [0.1, 0.15) is 23.0 Å². The summed E-state index contributed by atoms with van der Waals surface area (Å²) in [5, 5.41) is 3.60. The second-order valence-electron chi connectivity index (χ2n) is 4.21. The molecule has 0 unspecified atom stereocenters. The fourth-order valence-corrected chi connectivity index (χ4v) is 1.95. The lowest BCUT2D eigenvalue weighted by Gasteiger charge is -2.10. The highest BCUT2D eigenvalue weighted by atomic mass is 35.5. The molecule has 1 aromatic carbocycles. The minimum Gasteiger partial charge on any atom is -0.497 e. The number of carbonyl (C=O) groups excluding carboxylic acids is 1. The number of nitrogens with one attached hydrogen (secondary N) is 1. The van der Waals surface area contributed by atoms with Crippen molar-refractivity contribution in [3.8, 4) is 5.75 Å². The molecule has 20 heavy (non-hydrogen) atoms. The van der Waals surface area contributed by atoms with Gasteiger partial charge >= 0.3 is 0 Å². The van der Waals surface area contributed by atoms with Gasteiger partial charge in [-0.05, 0) is 23.8 Å². The molecule has 5 heteroatoms. The van der Waals surface area contributed by atoms with Crippen LogP contribution in [-0.4, -0.2) is 18.4 Å². The van der Waals surface area contributed by atoms with Crippen molar-refractivity contribution in [1.29, 1.82) is 0 Å². The van der Waals surface area contributed by atoms with Gasteiger partial charge in [0, 0.05) is 18.5 Å². The normalized spacial score (nSPS) is 10.1. The van der Waals surface area contributed by atoms with Crippen LogP contribution in [0, 0.1) is 0 Å². The van der Waals surface area contributed by atoms with Crippen LogP contribution in [0.4, 0.5) is 5.82 Å². The molecule has 1 aromatic heterocycles. The average Bonchev–Trinajstić information content (AvgIpc) is 2.48. The summed E-state index contributed by atoms with van der Waals surface area (Å²) in [6.07, 6.45) is 1.17. The number of hydrogen-bond acceptors (Lipinski definition) is 4. The molecular formula is C15H15ClN2O2. The van der Waals surface area contributed by atoms with Crippen molar-refractivity contribution in [1.82, 2.24) is 4.98 Å². The van der Waals surface area contributed by atoms with Crippen LogP contribution in [0.1, 0.15) is 11.1 Å². The van der Waals surface area contributed by atoms with E-state index < -0.39 is 0 Å². The van der Waals surface area contributed by atoms with Crippen molar-refractivity contribution < 1.29 is 9.53 Å². The van der Waals surface area contributed by atoms with Crippen LogP contribution in [0.5, 0.6) is 5.75 Å². The highest BCUT2D eigenvalue weighted by Crippen LogP contribution is 2.18. The predicted octanol–water partition coefficient (Wildman–Crippen LogP) is 3.10. The van der Waals surface area contributed by atoms with Crippen molar-refractivity contribution in [2.24, 2.45) is 0 Å². The maximum absolute atomic E-state index is 10.7. The molecule has 104 valence electrons. The Morgan fingerprint density at radius 3 is 2.65 bits per heavy atom. The Balaban J connectivity index is 2.08. The van der Waals surface area contributed by atoms with Crippen LogP contribution in [0.15, 0.2) is 36.4 Å². The van der Waals surface area contributed by atoms with E-state index in [1.165, 1.54) is 0 Å². The van der Waals surface area contributed by atoms with Crippen LogP contribution in [-0.2, 0) is 17.8 Å². The summed E-state index contributed by atoms with van der Waals surface area (Å²) < 4.78 is 5.11. The molecule has 0 amide bonds. The SMILES string of the molecule is COc1ccc(CNc2nc(Cl)ccc2CC=O)cc1. The molecule has 0 aliphatic carbocycles. The van der Waals surface area contributed by atoms with Gasteiger partial charge in [-0.25, -0.2) is 4.98 Å². The lowest BCUT2D eigenvalue weighted by atomic mass is 10.2. The van der Waals surface area contributed by atoms with E-state index in [9.17, 15) is 4.79 Å². The summed E-state index contributed by atoms with van der Waals surface area (Å²) in [5.41, 5.74) is 1.92. The largest absolute Gasteiger partial charge is 0.497 e. The maximum Gasteiger partial charge on any atom is 0.131 e. The molecule has 0 bridgehead atoms. The van der Waals surface area contributed by atoms with Gasteiger partial charge in [-0.3, -0.25) is 0 Å². The maximum atomic E-state index is 10.7. The number of pyridine rings is 1. The second kappa shape index (κ2) is 6.91. The lowest BCUT2D eigenvalue weighted by molar-refractivity contribution is -0.107. The number of anilines is 1. The van der Waals surface area contributed by atoms with Gasteiger partial charge in [-0.1, -0.05) is 29.8 Å². The third kappa shape index (κ3) is 3.71. The van der Waals surface area contributed by atoms with Crippen molar-refractivity contribution in [2.75, 3.05) is 12.4 Å². The number of aromatic nitrogens is 1. The number of hydrogen-bond donors (Lipinski definition) is 1. The Kier molecular flexibility index (Phi) is 4.96. The molecule has 0 aliphatic heterocycles. The van der Waals surface area contributed by atoms with E-state index in [4.69, 9.17) is 16.3 Å². The van der Waals surface area contributed by atoms with E-state index in [1.807, 2.05) is 24.3 Å². The number of aldehydes is 1. The minimum atomic E-state index is 0.315. The summed E-state index contributed by atoms with van der Waals surface area (Å²) in [6, 6.07) is 11.2. The number of ether oxygens (including phenoxy) is 1. The topological polar surface area (TPSA) is 51.2 Å². The van der Waals surface area contributed by atoms with E-state index in [2.05, 4.69) is 10.3 Å². The molecule has 2 aromatic rings. The summed E-state index contributed by atoms with van der Waals surface area (Å²) in [5.74, 6) is 1.46. The first kappa shape index (κ1) is 14.3. The van der Waals surface area contributed by atoms with Crippen LogP contribution in [0.2, 0.25) is 5.15 Å². The Hall–Kier alpha value is -2.07. The Labute approximate surface area is 122 Å². The number of nitrogens with zero attached hydrogens (tertiary/aromatic N) is 1. The first-order chi connectivity index (χ1) is 9.72. The van der Waals surface area contributed by atoms with Crippen molar-refractivity contribution in [2.45, 2.75) is 13.0 Å². The van der Waals surface area contributed by atoms with Crippen LogP contribution in [0.3, 0.4) is 0 Å². The summed E-state index contributed by atoms with van der Waals surface area (Å²) in [7, 11) is 1.63. The molecule has 0 atom stereocenters. The van der Waals surface area contributed by atoms with Crippen LogP contribution in [0.25, 0.3) is 0 Å². The number of halogens is 1. The molecule has 1 N–H and O–H groups in total. The van der Waals surface area contributed by atoms with Crippen molar-refractivity contribution >= 4 is 23.7 Å². The average molecular weight is 291 g/mol. The first-order valence-corrected chi connectivity index (χ1v) is 6.56. The second-order valence-corrected chi connectivity index (χ2v) is 4.60. The zero-order valence-electron chi connectivity index (χ0n) is 11.1. The summed E-state index contributed by atoms with van der Waals surface area (Å²) >= 11 is 5.88. The Morgan fingerprint density at radius 2 is 2.00 bits per heavy atom. The number of carbonyl (C=O) groups is 1. The van der Waals surface area contributed by atoms with Crippen molar-refractivity contribution in [3.05, 3.63) is 52.7 Å². The molecule has 0 fully saturated rings. The van der Waals surface area contributed by atoms with Gasteiger partial charge in [0.15, 0.2) is 0 Å². The van der Waals surface area contributed by atoms with Gasteiger partial charge in [-0.2, -0.15) is 0 Å². The zero-order chi connectivity index (χ0) is 14.4. The Bertz CT molecular complexity index is 585. The van der Waals surface area contributed by atoms with Gasteiger partial charge in [0.25, 0.3) is 0 Å². The van der Waals surface area contributed by atoms with E-state index in [-0.39, 0.29) is 0 Å². The highest BCUT2D eigenvalue weighted by molar-refractivity contribution is 6.29. The number of benzene rings is 1. The zero-order valence-corrected chi connectivity index (χ0v) is 11.9. The minimum absolute atomic E-state index is 0.315. The fraction of sp³-hybridized carbons (Fsp3) is 0.200. The predicted molar refractivity (Wildman–Crippen MR) is 79.3 cm³/mol. The van der Waals surface area contributed by atoms with Crippen LogP contribution >= 0.6 is 11.6 Å². The van der Waals surface area contributed by atoms with E-state index in [0.29, 0.717) is 23.9 Å². The monoisotopic (exact) mass is 290 g/mol. The first-order valence-electron chi connectivity index (χ1n) is 6.19. The molecule has 0 radical (unpaired) electrons. The quantitative estimate of drug-likeness (QED) is 0.656. The molecular weight excluding hydrogens is 276 g/mol. The van der Waals surface area contributed by atoms with Crippen LogP contribution < -0.4 is 10.1 Å². The molecule has 0 saturated heterocycles. The summed E-state index contributed by atoms with van der Waals surface area (Å²) in [6.45, 7) is 0.600. The van der Waals surface area contributed by atoms with Gasteiger partial charge in [-0.15, -0.1) is 0 Å². The molecule has 4 nitrogen and oxygen atoms in total. The Morgan fingerprint density at radius 1 is 1.25 bits per heavy atom. The highest BCUT2D eigenvalue weighted by Gasteiger charge is 2.05. The smallest absolute Gasteiger partial charge is 0.131 e. The molecule has 0 spiro atoms. The van der Waals surface area contributed by atoms with Crippen molar-refractivity contribution in [3.63, 3.8) is 0 Å². The van der Waals surface area contributed by atoms with Gasteiger partial charge in [0.2, 0.25) is 0 Å². The standard InChI is InChI=1S/C15H15ClN2O2/c1-20-13-5-2-11(3-6-13)10-17-15-12(8-9-19)4-7-14(16)18-15/h2-7,9H,8,10H2,1H3,(H,17,18). The lowest BCUT2D eigenvalue weighted by Crippen LogP contribution is -2.05. The van der Waals surface area contributed by atoms with Gasteiger partial charge < -0.3 is 14.8 Å². The van der Waals surface area contributed by atoms with Gasteiger partial charge in [0.05, 0.1) is 7.11 Å². The molecule has 2 rings (SSSR count). The number of rotatable bonds is 6. The molecule has 0 saturated carbocycles. The fourth-order valence-electron chi connectivity index (χ4n) is 1.80. The molecule has 1 heterocycles. The third-order valence-corrected chi connectivity index (χ3v) is 3.08. The molecule has 0 aliphatic rings.